The van der Waals surface area contributed by atoms with Gasteiger partial charge in [0.15, 0.2) is 0 Å². The number of aryl methyl sites for hydroxylation is 4. The predicted molar refractivity (Wildman–Crippen MR) is 109 cm³/mol. The van der Waals surface area contributed by atoms with Gasteiger partial charge in [-0.25, -0.2) is 18.7 Å². The summed E-state index contributed by atoms with van der Waals surface area (Å²) in [5, 5.41) is 0. The van der Waals surface area contributed by atoms with Gasteiger partial charge in [0.1, 0.15) is 23.8 Å². The van der Waals surface area contributed by atoms with E-state index in [0.29, 0.717) is 11.1 Å². The van der Waals surface area contributed by atoms with Crippen LogP contribution in [0.3, 0.4) is 0 Å². The maximum atomic E-state index is 11.9. The standard InChI is InChI=1S/C23H25N2O4/c1-14-9-18(22(26)28-5)10-15(2)20(14)24-7-8-25(13-24)21-16(3)11-19(12-17(21)4)23(27)29-6/h7-13H,1-6H3/q+1. The van der Waals surface area contributed by atoms with Gasteiger partial charge >= 0.3 is 11.9 Å². The second kappa shape index (κ2) is 7.91. The molecule has 0 aliphatic heterocycles. The number of benzene rings is 2. The molecule has 6 nitrogen and oxygen atoms in total. The third kappa shape index (κ3) is 3.78. The molecule has 0 saturated carbocycles. The van der Waals surface area contributed by atoms with Gasteiger partial charge in [-0.3, -0.25) is 0 Å². The number of aromatic nitrogens is 2. The third-order valence-electron chi connectivity index (χ3n) is 4.98. The molecule has 0 N–H and O–H groups in total. The topological polar surface area (TPSA) is 61.4 Å². The second-order valence-corrected chi connectivity index (χ2v) is 7.13. The SMILES string of the molecule is COC(=O)c1cc(C)c(-n2cc[n+](-c3c(C)cc(C(=O)OC)cc3C)c2)c(C)c1. The molecule has 1 heterocycles. The zero-order valence-corrected chi connectivity index (χ0v) is 17.6. The number of esters is 2. The molecule has 150 valence electrons. The smallest absolute Gasteiger partial charge is 0.337 e. The molecule has 0 spiro atoms. The summed E-state index contributed by atoms with van der Waals surface area (Å²) >= 11 is 0. The highest BCUT2D eigenvalue weighted by atomic mass is 16.5. The van der Waals surface area contributed by atoms with Crippen molar-refractivity contribution in [3.8, 4) is 11.4 Å². The predicted octanol–water partition coefficient (Wildman–Crippen LogP) is 3.56. The lowest BCUT2D eigenvalue weighted by Crippen LogP contribution is -2.30. The minimum Gasteiger partial charge on any atom is -0.465 e. The molecular weight excluding hydrogens is 368 g/mol. The van der Waals surface area contributed by atoms with E-state index < -0.39 is 0 Å². The van der Waals surface area contributed by atoms with Crippen LogP contribution in [0.25, 0.3) is 11.4 Å². The number of imidazole rings is 1. The van der Waals surface area contributed by atoms with Gasteiger partial charge in [-0.1, -0.05) is 0 Å². The van der Waals surface area contributed by atoms with Crippen molar-refractivity contribution in [3.63, 3.8) is 0 Å². The van der Waals surface area contributed by atoms with E-state index in [1.165, 1.54) is 14.2 Å². The van der Waals surface area contributed by atoms with Gasteiger partial charge in [0.2, 0.25) is 0 Å². The Hall–Kier alpha value is -3.41. The number of hydrogen-bond acceptors (Lipinski definition) is 4. The molecule has 0 fully saturated rings. The van der Waals surface area contributed by atoms with Gasteiger partial charge in [-0.05, 0) is 74.2 Å². The number of ether oxygens (including phenoxy) is 2. The van der Waals surface area contributed by atoms with Crippen molar-refractivity contribution in [1.29, 1.82) is 0 Å². The van der Waals surface area contributed by atoms with E-state index in [2.05, 4.69) is 0 Å². The van der Waals surface area contributed by atoms with Crippen LogP contribution in [0.15, 0.2) is 43.0 Å². The number of methoxy groups -OCH3 is 2. The largest absolute Gasteiger partial charge is 0.465 e. The maximum absolute atomic E-state index is 11.9. The van der Waals surface area contributed by atoms with Crippen LogP contribution in [-0.2, 0) is 9.47 Å². The molecule has 3 rings (SSSR count). The first-order valence-electron chi connectivity index (χ1n) is 9.26. The van der Waals surface area contributed by atoms with E-state index in [9.17, 15) is 9.59 Å². The zero-order chi connectivity index (χ0) is 21.3. The van der Waals surface area contributed by atoms with Crippen molar-refractivity contribution in [3.05, 3.63) is 76.4 Å². The highest BCUT2D eigenvalue weighted by Crippen LogP contribution is 2.22. The minimum absolute atomic E-state index is 0.345. The lowest BCUT2D eigenvalue weighted by Gasteiger charge is -2.09. The number of carbonyl (C=O) groups is 2. The summed E-state index contributed by atoms with van der Waals surface area (Å²) < 4.78 is 13.7. The molecule has 0 saturated heterocycles. The summed E-state index contributed by atoms with van der Waals surface area (Å²) in [5.41, 5.74) is 7.00. The van der Waals surface area contributed by atoms with Crippen LogP contribution in [0.1, 0.15) is 43.0 Å². The average Bonchev–Trinajstić information content (AvgIpc) is 3.14. The Morgan fingerprint density at radius 1 is 0.793 bits per heavy atom. The van der Waals surface area contributed by atoms with Crippen molar-refractivity contribution in [2.45, 2.75) is 27.7 Å². The van der Waals surface area contributed by atoms with Crippen molar-refractivity contribution in [2.24, 2.45) is 0 Å². The van der Waals surface area contributed by atoms with Crippen molar-refractivity contribution >= 4 is 11.9 Å². The monoisotopic (exact) mass is 393 g/mol. The molecule has 2 aromatic carbocycles. The first kappa shape index (κ1) is 20.3. The molecule has 0 aliphatic rings. The minimum atomic E-state index is -0.345. The number of hydrogen-bond donors (Lipinski definition) is 0. The first-order valence-corrected chi connectivity index (χ1v) is 9.26. The Balaban J connectivity index is 2.05. The molecule has 0 amide bonds. The molecule has 0 aliphatic carbocycles. The lowest BCUT2D eigenvalue weighted by molar-refractivity contribution is -0.595. The van der Waals surface area contributed by atoms with Gasteiger partial charge < -0.3 is 9.47 Å². The quantitative estimate of drug-likeness (QED) is 0.502. The normalized spacial score (nSPS) is 10.7. The molecule has 0 bridgehead atoms. The van der Waals surface area contributed by atoms with Gasteiger partial charge in [0.25, 0.3) is 6.33 Å². The second-order valence-electron chi connectivity index (χ2n) is 7.13. The van der Waals surface area contributed by atoms with Gasteiger partial charge in [-0.2, -0.15) is 0 Å². The molecule has 0 atom stereocenters. The van der Waals surface area contributed by atoms with Gasteiger partial charge in [0, 0.05) is 0 Å². The molecule has 0 unspecified atom stereocenters. The summed E-state index contributed by atoms with van der Waals surface area (Å²) in [6.07, 6.45) is 5.93. The Kier molecular flexibility index (Phi) is 5.55. The lowest BCUT2D eigenvalue weighted by atomic mass is 10.0. The van der Waals surface area contributed by atoms with E-state index in [4.69, 9.17) is 9.47 Å². The van der Waals surface area contributed by atoms with E-state index in [1.54, 1.807) is 0 Å². The summed E-state index contributed by atoms with van der Waals surface area (Å²) in [6, 6.07) is 7.33. The Bertz CT molecular complexity index is 980. The number of carbonyl (C=O) groups excluding carboxylic acids is 2. The molecule has 6 heteroatoms. The Morgan fingerprint density at radius 3 is 1.69 bits per heavy atom. The fourth-order valence-corrected chi connectivity index (χ4v) is 3.82. The number of rotatable bonds is 4. The summed E-state index contributed by atoms with van der Waals surface area (Å²) in [6.45, 7) is 7.89. The number of nitrogens with zero attached hydrogens (tertiary/aromatic N) is 2. The van der Waals surface area contributed by atoms with E-state index >= 15 is 0 Å². The van der Waals surface area contributed by atoms with Crippen LogP contribution in [-0.4, -0.2) is 30.7 Å². The Labute approximate surface area is 170 Å². The summed E-state index contributed by atoms with van der Waals surface area (Å²) in [7, 11) is 2.76. The van der Waals surface area contributed by atoms with Crippen molar-refractivity contribution in [1.82, 2.24) is 4.57 Å². The van der Waals surface area contributed by atoms with Crippen LogP contribution >= 0.6 is 0 Å². The Morgan fingerprint density at radius 2 is 1.24 bits per heavy atom. The molecule has 3 aromatic rings. The fraction of sp³-hybridized carbons (Fsp3) is 0.261. The van der Waals surface area contributed by atoms with Crippen molar-refractivity contribution < 1.29 is 23.6 Å². The van der Waals surface area contributed by atoms with Crippen LogP contribution in [0.4, 0.5) is 0 Å². The highest BCUT2D eigenvalue weighted by Gasteiger charge is 2.20. The third-order valence-corrected chi connectivity index (χ3v) is 4.98. The van der Waals surface area contributed by atoms with Crippen LogP contribution in [0.5, 0.6) is 0 Å². The molecule has 29 heavy (non-hydrogen) atoms. The van der Waals surface area contributed by atoms with Crippen LogP contribution < -0.4 is 4.57 Å². The van der Waals surface area contributed by atoms with Crippen LogP contribution in [0, 0.1) is 27.7 Å². The van der Waals surface area contributed by atoms with Gasteiger partial charge in [0.05, 0.1) is 25.3 Å². The van der Waals surface area contributed by atoms with E-state index in [-0.39, 0.29) is 11.9 Å². The van der Waals surface area contributed by atoms with Gasteiger partial charge in [-0.15, -0.1) is 0 Å². The van der Waals surface area contributed by atoms with E-state index in [1.807, 2.05) is 79.8 Å². The summed E-state index contributed by atoms with van der Waals surface area (Å²) in [5.74, 6) is -0.690. The highest BCUT2D eigenvalue weighted by molar-refractivity contribution is 5.90. The maximum Gasteiger partial charge on any atom is 0.337 e. The fourth-order valence-electron chi connectivity index (χ4n) is 3.82. The zero-order valence-electron chi connectivity index (χ0n) is 17.6. The van der Waals surface area contributed by atoms with E-state index in [0.717, 1.165) is 33.6 Å². The average molecular weight is 393 g/mol. The van der Waals surface area contributed by atoms with Crippen molar-refractivity contribution in [2.75, 3.05) is 14.2 Å². The molecular formula is C23H25N2O4+. The van der Waals surface area contributed by atoms with Crippen LogP contribution in [0.2, 0.25) is 0 Å². The molecule has 1 aromatic heterocycles. The summed E-state index contributed by atoms with van der Waals surface area (Å²) in [4.78, 5) is 23.7. The molecule has 0 radical (unpaired) electrons. The first-order chi connectivity index (χ1) is 13.8.